The van der Waals surface area contributed by atoms with Crippen LogP contribution in [0, 0.1) is 12.8 Å². The van der Waals surface area contributed by atoms with Gasteiger partial charge in [0.25, 0.3) is 5.91 Å². The number of fused-ring (bicyclic) bond motifs is 1. The number of aryl methyl sites for hydroxylation is 1. The third-order valence-electron chi connectivity index (χ3n) is 5.74. The molecule has 170 valence electrons. The van der Waals surface area contributed by atoms with Crippen molar-refractivity contribution < 1.29 is 28.2 Å². The molecule has 0 spiro atoms. The fourth-order valence-corrected chi connectivity index (χ4v) is 3.69. The van der Waals surface area contributed by atoms with E-state index in [4.69, 9.17) is 4.74 Å². The molecule has 2 aromatic rings. The number of ether oxygens (including phenoxy) is 2. The highest BCUT2D eigenvalue weighted by molar-refractivity contribution is 5.97. The molecule has 1 unspecified atom stereocenters. The molecule has 1 amide bonds. The molecular weight excluding hydrogens is 406 g/mol. The Labute approximate surface area is 180 Å². The summed E-state index contributed by atoms with van der Waals surface area (Å²) in [5, 5.41) is 13.6. The van der Waals surface area contributed by atoms with Crippen LogP contribution in [-0.2, 0) is 4.74 Å². The minimum Gasteiger partial charge on any atom is -0.434 e. The average molecular weight is 436 g/mol. The predicted octanol–water partition coefficient (Wildman–Crippen LogP) is 4.22. The molecule has 1 aliphatic rings. The number of amides is 1. The zero-order valence-electron chi connectivity index (χ0n) is 18.1. The number of aromatic nitrogens is 1. The number of nitrogens with one attached hydrogen (secondary N) is 1. The van der Waals surface area contributed by atoms with Gasteiger partial charge in [-0.25, -0.2) is 0 Å². The highest BCUT2D eigenvalue weighted by Crippen LogP contribution is 2.27. The third kappa shape index (κ3) is 6.33. The first-order chi connectivity index (χ1) is 14.7. The van der Waals surface area contributed by atoms with Gasteiger partial charge in [0.2, 0.25) is 0 Å². The lowest BCUT2D eigenvalue weighted by molar-refractivity contribution is -0.0502. The minimum absolute atomic E-state index is 0.0571. The van der Waals surface area contributed by atoms with Gasteiger partial charge in [0.15, 0.2) is 0 Å². The second-order valence-electron chi connectivity index (χ2n) is 8.50. The van der Waals surface area contributed by atoms with Gasteiger partial charge in [-0.15, -0.1) is 0 Å². The maximum Gasteiger partial charge on any atom is 0.387 e. The smallest absolute Gasteiger partial charge is 0.387 e. The number of rotatable bonds is 8. The van der Waals surface area contributed by atoms with Crippen LogP contribution in [0.5, 0.6) is 5.75 Å². The van der Waals surface area contributed by atoms with Crippen LogP contribution in [0.3, 0.4) is 0 Å². The molecule has 6 nitrogen and oxygen atoms in total. The highest BCUT2D eigenvalue weighted by atomic mass is 19.3. The van der Waals surface area contributed by atoms with Gasteiger partial charge in [0, 0.05) is 23.7 Å². The Hall–Kier alpha value is -2.32. The Balaban J connectivity index is 1.56. The number of alkyl halides is 2. The lowest BCUT2D eigenvalue weighted by atomic mass is 9.92. The van der Waals surface area contributed by atoms with Gasteiger partial charge in [-0.05, 0) is 56.2 Å². The average Bonchev–Trinajstić information content (AvgIpc) is 2.72. The van der Waals surface area contributed by atoms with E-state index >= 15 is 0 Å². The Bertz CT molecular complexity index is 899. The van der Waals surface area contributed by atoms with E-state index < -0.39 is 12.7 Å². The third-order valence-corrected chi connectivity index (χ3v) is 5.74. The summed E-state index contributed by atoms with van der Waals surface area (Å²) < 4.78 is 35.3. The zero-order valence-corrected chi connectivity index (χ0v) is 18.1. The van der Waals surface area contributed by atoms with Crippen molar-refractivity contribution >= 4 is 16.8 Å². The van der Waals surface area contributed by atoms with Gasteiger partial charge >= 0.3 is 6.61 Å². The molecule has 1 heterocycles. The summed E-state index contributed by atoms with van der Waals surface area (Å²) in [5.41, 5.74) is 1.46. The van der Waals surface area contributed by atoms with Crippen LogP contribution in [0.1, 0.15) is 55.5 Å². The summed E-state index contributed by atoms with van der Waals surface area (Å²) in [7, 11) is 0. The first-order valence-corrected chi connectivity index (χ1v) is 10.7. The first-order valence-electron chi connectivity index (χ1n) is 10.7. The minimum atomic E-state index is -2.90. The Morgan fingerprint density at radius 1 is 1.23 bits per heavy atom. The van der Waals surface area contributed by atoms with E-state index in [0.29, 0.717) is 28.6 Å². The van der Waals surface area contributed by atoms with E-state index in [-0.39, 0.29) is 29.7 Å². The fraction of sp³-hybridized carbons (Fsp3) is 0.565. The maximum absolute atomic E-state index is 12.7. The van der Waals surface area contributed by atoms with Crippen LogP contribution in [-0.4, -0.2) is 47.5 Å². The van der Waals surface area contributed by atoms with Crippen molar-refractivity contribution in [3.05, 3.63) is 35.5 Å². The summed E-state index contributed by atoms with van der Waals surface area (Å²) in [4.78, 5) is 16.9. The topological polar surface area (TPSA) is 80.7 Å². The summed E-state index contributed by atoms with van der Waals surface area (Å²) >= 11 is 0. The largest absolute Gasteiger partial charge is 0.434 e. The normalized spacial score (nSPS) is 20.3. The van der Waals surface area contributed by atoms with E-state index in [0.717, 1.165) is 25.7 Å². The van der Waals surface area contributed by atoms with Gasteiger partial charge < -0.3 is 19.9 Å². The number of carbonyl (C=O) groups excluding carboxylic acids is 1. The number of benzene rings is 1. The van der Waals surface area contributed by atoms with E-state index in [9.17, 15) is 18.7 Å². The Morgan fingerprint density at radius 3 is 2.58 bits per heavy atom. The van der Waals surface area contributed by atoms with Gasteiger partial charge in [-0.2, -0.15) is 8.78 Å². The van der Waals surface area contributed by atoms with Gasteiger partial charge in [0.1, 0.15) is 5.75 Å². The number of aliphatic hydroxyl groups is 1. The van der Waals surface area contributed by atoms with Gasteiger partial charge in [0.05, 0.1) is 29.9 Å². The quantitative estimate of drug-likeness (QED) is 0.648. The molecule has 0 saturated heterocycles. The van der Waals surface area contributed by atoms with E-state index in [1.54, 1.807) is 19.1 Å². The SMILES string of the molecule is Cc1cc2cc(C(=O)NC3CCC(OCC(O)C(C)C)CC3)cnc2cc1OC(F)F. The molecule has 1 aromatic carbocycles. The highest BCUT2D eigenvalue weighted by Gasteiger charge is 2.24. The number of carbonyl (C=O) groups is 1. The molecule has 0 bridgehead atoms. The van der Waals surface area contributed by atoms with Crippen molar-refractivity contribution in [3.8, 4) is 5.75 Å². The van der Waals surface area contributed by atoms with Gasteiger partial charge in [-0.3, -0.25) is 9.78 Å². The van der Waals surface area contributed by atoms with Crippen molar-refractivity contribution in [2.24, 2.45) is 5.92 Å². The predicted molar refractivity (Wildman–Crippen MR) is 113 cm³/mol. The first kappa shape index (κ1) is 23.3. The monoisotopic (exact) mass is 436 g/mol. The number of hydrogen-bond donors (Lipinski definition) is 2. The van der Waals surface area contributed by atoms with E-state index in [1.807, 2.05) is 13.8 Å². The Kier molecular flexibility index (Phi) is 7.78. The molecule has 8 heteroatoms. The number of halogens is 2. The molecule has 31 heavy (non-hydrogen) atoms. The van der Waals surface area contributed by atoms with Crippen molar-refractivity contribution in [1.29, 1.82) is 0 Å². The van der Waals surface area contributed by atoms with Crippen LogP contribution in [0.15, 0.2) is 24.4 Å². The Morgan fingerprint density at radius 2 is 1.94 bits per heavy atom. The van der Waals surface area contributed by atoms with Crippen molar-refractivity contribution in [3.63, 3.8) is 0 Å². The van der Waals surface area contributed by atoms with Crippen LogP contribution in [0.4, 0.5) is 8.78 Å². The molecule has 2 N–H and O–H groups in total. The maximum atomic E-state index is 12.7. The molecule has 3 rings (SSSR count). The molecule has 1 saturated carbocycles. The summed E-state index contributed by atoms with van der Waals surface area (Å²) in [6, 6.07) is 4.90. The van der Waals surface area contributed by atoms with Crippen LogP contribution in [0.2, 0.25) is 0 Å². The summed E-state index contributed by atoms with van der Waals surface area (Å²) in [6.45, 7) is 3.02. The van der Waals surface area contributed by atoms with Crippen molar-refractivity contribution in [1.82, 2.24) is 10.3 Å². The molecule has 0 radical (unpaired) electrons. The molecule has 1 atom stereocenters. The standard InChI is InChI=1S/C23H30F2N2O4/c1-13(2)20(28)12-30-18-6-4-17(5-7-18)27-22(29)16-9-15-8-14(3)21(31-23(24)25)10-19(15)26-11-16/h8-11,13,17-18,20,23,28H,4-7,12H2,1-3H3,(H,27,29). The fourth-order valence-electron chi connectivity index (χ4n) is 3.69. The van der Waals surface area contributed by atoms with Crippen molar-refractivity contribution in [2.75, 3.05) is 6.61 Å². The second-order valence-corrected chi connectivity index (χ2v) is 8.50. The molecular formula is C23H30F2N2O4. The molecule has 1 aromatic heterocycles. The number of pyridine rings is 1. The second kappa shape index (κ2) is 10.3. The summed E-state index contributed by atoms with van der Waals surface area (Å²) in [6.07, 6.45) is 4.37. The number of hydrogen-bond acceptors (Lipinski definition) is 5. The zero-order chi connectivity index (χ0) is 22.5. The van der Waals surface area contributed by atoms with Crippen LogP contribution < -0.4 is 10.1 Å². The lowest BCUT2D eigenvalue weighted by Crippen LogP contribution is -2.39. The van der Waals surface area contributed by atoms with Crippen LogP contribution in [0.25, 0.3) is 10.9 Å². The van der Waals surface area contributed by atoms with Gasteiger partial charge in [-0.1, -0.05) is 13.8 Å². The molecule has 0 aliphatic heterocycles. The molecule has 1 aliphatic carbocycles. The van der Waals surface area contributed by atoms with E-state index in [2.05, 4.69) is 15.0 Å². The number of aliphatic hydroxyl groups excluding tert-OH is 1. The lowest BCUT2D eigenvalue weighted by Gasteiger charge is -2.30. The van der Waals surface area contributed by atoms with Crippen molar-refractivity contribution in [2.45, 2.75) is 71.3 Å². The van der Waals surface area contributed by atoms with Crippen LogP contribution >= 0.6 is 0 Å². The number of nitrogens with zero attached hydrogens (tertiary/aromatic N) is 1. The van der Waals surface area contributed by atoms with E-state index in [1.165, 1.54) is 12.3 Å². The summed E-state index contributed by atoms with van der Waals surface area (Å²) in [5.74, 6) is 0.0325. The molecule has 1 fully saturated rings.